The Balaban J connectivity index is 1.63. The number of aromatic nitrogens is 3. The molecule has 122 valence electrons. The molecule has 3 aromatic rings. The van der Waals surface area contributed by atoms with Crippen LogP contribution in [-0.4, -0.2) is 20.7 Å². The van der Waals surface area contributed by atoms with Gasteiger partial charge in [0, 0.05) is 29.6 Å². The van der Waals surface area contributed by atoms with Crippen molar-refractivity contribution in [1.82, 2.24) is 14.8 Å². The average molecular weight is 321 g/mol. The van der Waals surface area contributed by atoms with E-state index in [1.54, 1.807) is 4.68 Å². The molecule has 0 radical (unpaired) electrons. The first-order valence-corrected chi connectivity index (χ1v) is 7.93. The molecule has 0 fully saturated rings. The number of rotatable bonds is 6. The molecule has 0 saturated heterocycles. The van der Waals surface area contributed by atoms with Crippen molar-refractivity contribution in [3.05, 3.63) is 47.8 Å². The van der Waals surface area contributed by atoms with Crippen LogP contribution < -0.4 is 5.32 Å². The molecular weight excluding hydrogens is 302 g/mol. The van der Waals surface area contributed by atoms with E-state index in [1.807, 2.05) is 37.4 Å². The summed E-state index contributed by atoms with van der Waals surface area (Å²) in [5.74, 6) is 0.588. The molecule has 2 heterocycles. The van der Waals surface area contributed by atoms with Crippen molar-refractivity contribution in [1.29, 1.82) is 5.26 Å². The molecule has 0 unspecified atom stereocenters. The fourth-order valence-electron chi connectivity index (χ4n) is 2.76. The molecule has 0 spiro atoms. The number of hydrogen-bond donors (Lipinski definition) is 2. The Hall–Kier alpha value is -3.07. The summed E-state index contributed by atoms with van der Waals surface area (Å²) >= 11 is 0. The summed E-state index contributed by atoms with van der Waals surface area (Å²) in [4.78, 5) is 15.5. The molecular formula is C18H19N5O. The van der Waals surface area contributed by atoms with Crippen LogP contribution in [0.15, 0.2) is 36.5 Å². The molecule has 0 aliphatic carbocycles. The van der Waals surface area contributed by atoms with Crippen molar-refractivity contribution < 1.29 is 4.79 Å². The van der Waals surface area contributed by atoms with E-state index < -0.39 is 0 Å². The number of para-hydroxylation sites is 1. The van der Waals surface area contributed by atoms with Gasteiger partial charge in [0.15, 0.2) is 0 Å². The normalized spacial score (nSPS) is 10.7. The lowest BCUT2D eigenvalue weighted by Crippen LogP contribution is -2.16. The lowest BCUT2D eigenvalue weighted by atomic mass is 10.1. The van der Waals surface area contributed by atoms with Crippen LogP contribution in [0.2, 0.25) is 0 Å². The molecule has 6 nitrogen and oxygen atoms in total. The number of carbonyl (C=O) groups excluding carboxylic acids is 1. The van der Waals surface area contributed by atoms with E-state index in [0.717, 1.165) is 22.2 Å². The van der Waals surface area contributed by atoms with Gasteiger partial charge in [0.1, 0.15) is 5.82 Å². The second-order valence-corrected chi connectivity index (χ2v) is 5.71. The molecule has 2 aromatic heterocycles. The second kappa shape index (κ2) is 7.01. The quantitative estimate of drug-likeness (QED) is 0.731. The highest BCUT2D eigenvalue weighted by atomic mass is 16.1. The number of nitrogens with one attached hydrogen (secondary N) is 2. The van der Waals surface area contributed by atoms with Crippen LogP contribution in [0.5, 0.6) is 0 Å². The zero-order valence-corrected chi connectivity index (χ0v) is 13.5. The number of nitriles is 1. The van der Waals surface area contributed by atoms with Gasteiger partial charge in [-0.1, -0.05) is 18.2 Å². The number of benzene rings is 1. The third-order valence-electron chi connectivity index (χ3n) is 3.90. The van der Waals surface area contributed by atoms with Crippen molar-refractivity contribution in [2.45, 2.75) is 32.7 Å². The smallest absolute Gasteiger partial charge is 0.225 e. The third-order valence-corrected chi connectivity index (χ3v) is 3.90. The summed E-state index contributed by atoms with van der Waals surface area (Å²) in [7, 11) is 0. The largest absolute Gasteiger partial charge is 0.361 e. The van der Waals surface area contributed by atoms with Crippen LogP contribution in [-0.2, 0) is 17.8 Å². The van der Waals surface area contributed by atoms with Crippen LogP contribution >= 0.6 is 0 Å². The van der Waals surface area contributed by atoms with E-state index in [9.17, 15) is 4.79 Å². The summed E-state index contributed by atoms with van der Waals surface area (Å²) in [5.41, 5.74) is 3.04. The van der Waals surface area contributed by atoms with Gasteiger partial charge in [-0.25, -0.2) is 4.68 Å². The second-order valence-electron chi connectivity index (χ2n) is 5.71. The summed E-state index contributed by atoms with van der Waals surface area (Å²) in [6.07, 6.45) is 3.38. The maximum atomic E-state index is 12.3. The Morgan fingerprint density at radius 3 is 3.08 bits per heavy atom. The van der Waals surface area contributed by atoms with Gasteiger partial charge in [0.2, 0.25) is 5.91 Å². The Labute approximate surface area is 140 Å². The Morgan fingerprint density at radius 2 is 2.25 bits per heavy atom. The topological polar surface area (TPSA) is 86.5 Å². The number of aromatic amines is 1. The molecule has 0 saturated carbocycles. The van der Waals surface area contributed by atoms with Crippen molar-refractivity contribution in [2.75, 3.05) is 5.32 Å². The molecule has 6 heteroatoms. The SMILES string of the molecule is Cc1cc(NC(=O)CCc2c[nH]c3ccccc23)n(CCC#N)n1. The molecule has 1 amide bonds. The number of anilines is 1. The van der Waals surface area contributed by atoms with Gasteiger partial charge in [-0.3, -0.25) is 4.79 Å². The first kappa shape index (κ1) is 15.8. The lowest BCUT2D eigenvalue weighted by Gasteiger charge is -2.07. The summed E-state index contributed by atoms with van der Waals surface area (Å²) in [6.45, 7) is 2.34. The average Bonchev–Trinajstić information content (AvgIpc) is 3.14. The van der Waals surface area contributed by atoms with E-state index in [1.165, 1.54) is 0 Å². The van der Waals surface area contributed by atoms with E-state index >= 15 is 0 Å². The molecule has 24 heavy (non-hydrogen) atoms. The number of amides is 1. The standard InChI is InChI=1S/C18H19N5O/c1-13-11-17(23(22-13)10-4-9-19)21-18(24)8-7-14-12-20-16-6-3-2-5-15(14)16/h2-3,5-6,11-12,20H,4,7-8,10H2,1H3,(H,21,24). The van der Waals surface area contributed by atoms with E-state index in [-0.39, 0.29) is 5.91 Å². The highest BCUT2D eigenvalue weighted by Gasteiger charge is 2.11. The van der Waals surface area contributed by atoms with Gasteiger partial charge in [-0.15, -0.1) is 0 Å². The molecule has 0 atom stereocenters. The van der Waals surface area contributed by atoms with Gasteiger partial charge in [0.25, 0.3) is 0 Å². The van der Waals surface area contributed by atoms with Crippen molar-refractivity contribution >= 4 is 22.6 Å². The molecule has 2 N–H and O–H groups in total. The minimum atomic E-state index is -0.0570. The van der Waals surface area contributed by atoms with Crippen LogP contribution in [0.25, 0.3) is 10.9 Å². The maximum Gasteiger partial charge on any atom is 0.225 e. The van der Waals surface area contributed by atoms with Crippen LogP contribution in [0.3, 0.4) is 0 Å². The van der Waals surface area contributed by atoms with Crippen LogP contribution in [0.1, 0.15) is 24.1 Å². The number of H-pyrrole nitrogens is 1. The number of nitrogens with zero attached hydrogens (tertiary/aromatic N) is 3. The Bertz CT molecular complexity index is 900. The minimum Gasteiger partial charge on any atom is -0.361 e. The zero-order chi connectivity index (χ0) is 16.9. The Kier molecular flexibility index (Phi) is 4.62. The van der Waals surface area contributed by atoms with Crippen molar-refractivity contribution in [2.24, 2.45) is 0 Å². The van der Waals surface area contributed by atoms with Crippen molar-refractivity contribution in [3.8, 4) is 6.07 Å². The van der Waals surface area contributed by atoms with Gasteiger partial charge >= 0.3 is 0 Å². The molecule has 3 rings (SSSR count). The number of fused-ring (bicyclic) bond motifs is 1. The third kappa shape index (κ3) is 3.46. The number of aryl methyl sites for hydroxylation is 3. The van der Waals surface area contributed by atoms with E-state index in [0.29, 0.717) is 31.6 Å². The number of hydrogen-bond acceptors (Lipinski definition) is 3. The fraction of sp³-hybridized carbons (Fsp3) is 0.278. The fourth-order valence-corrected chi connectivity index (χ4v) is 2.76. The van der Waals surface area contributed by atoms with E-state index in [4.69, 9.17) is 5.26 Å². The van der Waals surface area contributed by atoms with Gasteiger partial charge in [0.05, 0.1) is 24.7 Å². The molecule has 0 aliphatic heterocycles. The van der Waals surface area contributed by atoms with Crippen LogP contribution in [0.4, 0.5) is 5.82 Å². The van der Waals surface area contributed by atoms with Crippen LogP contribution in [0, 0.1) is 18.3 Å². The first-order chi connectivity index (χ1) is 11.7. The highest BCUT2D eigenvalue weighted by Crippen LogP contribution is 2.19. The molecule has 0 bridgehead atoms. The maximum absolute atomic E-state index is 12.3. The Morgan fingerprint density at radius 1 is 1.42 bits per heavy atom. The molecule has 1 aromatic carbocycles. The first-order valence-electron chi connectivity index (χ1n) is 7.93. The summed E-state index contributed by atoms with van der Waals surface area (Å²) < 4.78 is 1.67. The predicted octanol–water partition coefficient (Wildman–Crippen LogP) is 3.16. The van der Waals surface area contributed by atoms with Gasteiger partial charge in [-0.05, 0) is 25.0 Å². The summed E-state index contributed by atoms with van der Waals surface area (Å²) in [6, 6.07) is 12.0. The zero-order valence-electron chi connectivity index (χ0n) is 13.5. The minimum absolute atomic E-state index is 0.0570. The monoisotopic (exact) mass is 321 g/mol. The van der Waals surface area contributed by atoms with Crippen molar-refractivity contribution in [3.63, 3.8) is 0 Å². The molecule has 0 aliphatic rings. The van der Waals surface area contributed by atoms with Gasteiger partial charge < -0.3 is 10.3 Å². The lowest BCUT2D eigenvalue weighted by molar-refractivity contribution is -0.116. The summed E-state index contributed by atoms with van der Waals surface area (Å²) in [5, 5.41) is 17.0. The van der Waals surface area contributed by atoms with Gasteiger partial charge in [-0.2, -0.15) is 10.4 Å². The number of carbonyl (C=O) groups is 1. The predicted molar refractivity (Wildman–Crippen MR) is 92.4 cm³/mol. The van der Waals surface area contributed by atoms with E-state index in [2.05, 4.69) is 27.5 Å². The highest BCUT2D eigenvalue weighted by molar-refractivity contribution is 5.91.